The van der Waals surface area contributed by atoms with Crippen LogP contribution >= 0.6 is 0 Å². The second kappa shape index (κ2) is 9.99. The lowest BCUT2D eigenvalue weighted by molar-refractivity contribution is -0.384. The molecule has 0 unspecified atom stereocenters. The van der Waals surface area contributed by atoms with Gasteiger partial charge in [0.15, 0.2) is 0 Å². The van der Waals surface area contributed by atoms with E-state index < -0.39 is 14.9 Å². The van der Waals surface area contributed by atoms with Crippen LogP contribution in [0, 0.1) is 10.1 Å². The average molecular weight is 420 g/mol. The predicted octanol–water partition coefficient (Wildman–Crippen LogP) is 3.07. The number of nitrogens with one attached hydrogen (secondary N) is 2. The van der Waals surface area contributed by atoms with E-state index in [0.717, 1.165) is 12.8 Å². The molecule has 0 aliphatic carbocycles. The van der Waals surface area contributed by atoms with Crippen LogP contribution in [0.5, 0.6) is 0 Å². The molecule has 2 aromatic rings. The third kappa shape index (κ3) is 6.26. The van der Waals surface area contributed by atoms with E-state index in [0.29, 0.717) is 17.9 Å². The van der Waals surface area contributed by atoms with Gasteiger partial charge in [-0.1, -0.05) is 13.3 Å². The van der Waals surface area contributed by atoms with Crippen molar-refractivity contribution in [2.45, 2.75) is 24.7 Å². The molecular formula is C19H24N4O5S. The number of sulfonamides is 1. The summed E-state index contributed by atoms with van der Waals surface area (Å²) in [5.74, 6) is -0.338. The SMILES string of the molecule is CCCCN(C)S(=O)(=O)c1ccc(NCC(=O)Nc2ccc([N+](=O)[O-])cc2)cc1. The van der Waals surface area contributed by atoms with Crippen molar-refractivity contribution in [1.82, 2.24) is 4.31 Å². The maximum absolute atomic E-state index is 12.5. The smallest absolute Gasteiger partial charge is 0.269 e. The number of nitro benzene ring substituents is 1. The van der Waals surface area contributed by atoms with Crippen molar-refractivity contribution in [3.05, 3.63) is 58.6 Å². The molecule has 2 N–H and O–H groups in total. The Kier molecular flexibility index (Phi) is 7.68. The molecule has 29 heavy (non-hydrogen) atoms. The van der Waals surface area contributed by atoms with E-state index in [-0.39, 0.29) is 23.0 Å². The molecule has 0 bridgehead atoms. The van der Waals surface area contributed by atoms with Crippen LogP contribution in [0.1, 0.15) is 19.8 Å². The Morgan fingerprint density at radius 3 is 2.21 bits per heavy atom. The third-order valence-electron chi connectivity index (χ3n) is 4.20. The molecule has 2 aromatic carbocycles. The van der Waals surface area contributed by atoms with Gasteiger partial charge in [-0.15, -0.1) is 0 Å². The second-order valence-corrected chi connectivity index (χ2v) is 8.46. The first-order valence-electron chi connectivity index (χ1n) is 9.08. The van der Waals surface area contributed by atoms with Gasteiger partial charge < -0.3 is 10.6 Å². The van der Waals surface area contributed by atoms with Crippen LogP contribution in [0.2, 0.25) is 0 Å². The van der Waals surface area contributed by atoms with Crippen molar-refractivity contribution in [1.29, 1.82) is 0 Å². The lowest BCUT2D eigenvalue weighted by atomic mass is 10.3. The highest BCUT2D eigenvalue weighted by Gasteiger charge is 2.19. The van der Waals surface area contributed by atoms with Crippen LogP contribution in [0.4, 0.5) is 17.1 Å². The Morgan fingerprint density at radius 2 is 1.66 bits per heavy atom. The molecule has 0 fully saturated rings. The third-order valence-corrected chi connectivity index (χ3v) is 6.08. The molecule has 0 aromatic heterocycles. The minimum absolute atomic E-state index is 0.0422. The number of anilines is 2. The van der Waals surface area contributed by atoms with E-state index in [1.165, 1.54) is 40.7 Å². The number of nitrogens with zero attached hydrogens (tertiary/aromatic N) is 2. The fourth-order valence-corrected chi connectivity index (χ4v) is 3.69. The number of unbranched alkanes of at least 4 members (excludes halogenated alkanes) is 1. The summed E-state index contributed by atoms with van der Waals surface area (Å²) >= 11 is 0. The number of hydrogen-bond donors (Lipinski definition) is 2. The Hall–Kier alpha value is -2.98. The molecule has 0 aliphatic rings. The highest BCUT2D eigenvalue weighted by molar-refractivity contribution is 7.89. The number of non-ortho nitro benzene ring substituents is 1. The molecule has 0 radical (unpaired) electrons. The molecule has 1 amide bonds. The lowest BCUT2D eigenvalue weighted by Gasteiger charge is -2.17. The zero-order valence-electron chi connectivity index (χ0n) is 16.3. The number of nitro groups is 1. The maximum atomic E-state index is 12.5. The minimum atomic E-state index is -3.53. The molecule has 0 atom stereocenters. The first kappa shape index (κ1) is 22.3. The molecule has 9 nitrogen and oxygen atoms in total. The first-order valence-corrected chi connectivity index (χ1v) is 10.5. The Balaban J connectivity index is 1.91. The van der Waals surface area contributed by atoms with E-state index in [1.807, 2.05) is 6.92 Å². The predicted molar refractivity (Wildman–Crippen MR) is 111 cm³/mol. The van der Waals surface area contributed by atoms with Gasteiger partial charge in [0.1, 0.15) is 0 Å². The van der Waals surface area contributed by atoms with E-state index in [4.69, 9.17) is 0 Å². The summed E-state index contributed by atoms with van der Waals surface area (Å²) < 4.78 is 26.3. The van der Waals surface area contributed by atoms with Crippen molar-refractivity contribution < 1.29 is 18.1 Å². The molecule has 0 saturated carbocycles. The van der Waals surface area contributed by atoms with Gasteiger partial charge in [0.05, 0.1) is 16.4 Å². The summed E-state index contributed by atoms with van der Waals surface area (Å²) in [7, 11) is -1.98. The van der Waals surface area contributed by atoms with Crippen LogP contribution in [0.25, 0.3) is 0 Å². The van der Waals surface area contributed by atoms with Gasteiger partial charge in [0, 0.05) is 37.1 Å². The molecular weight excluding hydrogens is 396 g/mol. The van der Waals surface area contributed by atoms with Crippen molar-refractivity contribution in [2.75, 3.05) is 30.8 Å². The first-order chi connectivity index (χ1) is 13.7. The van der Waals surface area contributed by atoms with Gasteiger partial charge in [-0.3, -0.25) is 14.9 Å². The van der Waals surface area contributed by atoms with Gasteiger partial charge in [0.2, 0.25) is 15.9 Å². The Bertz CT molecular complexity index is 944. The summed E-state index contributed by atoms with van der Waals surface area (Å²) in [6.07, 6.45) is 1.70. The normalized spacial score (nSPS) is 11.3. The molecule has 10 heteroatoms. The number of amides is 1. The highest BCUT2D eigenvalue weighted by Crippen LogP contribution is 2.18. The van der Waals surface area contributed by atoms with Crippen molar-refractivity contribution >= 4 is 33.0 Å². The van der Waals surface area contributed by atoms with Crippen LogP contribution < -0.4 is 10.6 Å². The van der Waals surface area contributed by atoms with Crippen molar-refractivity contribution in [3.63, 3.8) is 0 Å². The summed E-state index contributed by atoms with van der Waals surface area (Å²) in [6.45, 7) is 2.42. The second-order valence-electron chi connectivity index (χ2n) is 6.41. The van der Waals surface area contributed by atoms with E-state index in [1.54, 1.807) is 19.2 Å². The van der Waals surface area contributed by atoms with E-state index >= 15 is 0 Å². The Morgan fingerprint density at radius 1 is 1.07 bits per heavy atom. The minimum Gasteiger partial charge on any atom is -0.376 e. The Labute approximate surface area is 169 Å². The fourth-order valence-electron chi connectivity index (χ4n) is 2.48. The summed E-state index contributed by atoms with van der Waals surface area (Å²) in [6, 6.07) is 11.7. The molecule has 2 rings (SSSR count). The van der Waals surface area contributed by atoms with Crippen LogP contribution in [0.3, 0.4) is 0 Å². The average Bonchev–Trinajstić information content (AvgIpc) is 2.71. The number of carbonyl (C=O) groups is 1. The largest absolute Gasteiger partial charge is 0.376 e. The van der Waals surface area contributed by atoms with Gasteiger partial charge in [-0.25, -0.2) is 12.7 Å². The number of rotatable bonds is 10. The summed E-state index contributed by atoms with van der Waals surface area (Å²) in [5.41, 5.74) is 0.981. The van der Waals surface area contributed by atoms with Crippen LogP contribution in [0.15, 0.2) is 53.4 Å². The van der Waals surface area contributed by atoms with Gasteiger partial charge in [-0.05, 0) is 42.8 Å². The van der Waals surface area contributed by atoms with Gasteiger partial charge in [0.25, 0.3) is 5.69 Å². The van der Waals surface area contributed by atoms with E-state index in [2.05, 4.69) is 10.6 Å². The van der Waals surface area contributed by atoms with Crippen LogP contribution in [-0.4, -0.2) is 43.7 Å². The number of carbonyl (C=O) groups excluding carboxylic acids is 1. The van der Waals surface area contributed by atoms with Gasteiger partial charge >= 0.3 is 0 Å². The zero-order valence-corrected chi connectivity index (χ0v) is 17.1. The monoisotopic (exact) mass is 420 g/mol. The highest BCUT2D eigenvalue weighted by atomic mass is 32.2. The summed E-state index contributed by atoms with van der Waals surface area (Å²) in [5, 5.41) is 16.2. The molecule has 156 valence electrons. The molecule has 0 spiro atoms. The quantitative estimate of drug-likeness (QED) is 0.450. The fraction of sp³-hybridized carbons (Fsp3) is 0.316. The van der Waals surface area contributed by atoms with E-state index in [9.17, 15) is 23.3 Å². The molecule has 0 saturated heterocycles. The lowest BCUT2D eigenvalue weighted by Crippen LogP contribution is -2.27. The zero-order chi connectivity index (χ0) is 21.4. The molecule has 0 heterocycles. The molecule has 0 aliphatic heterocycles. The topological polar surface area (TPSA) is 122 Å². The summed E-state index contributed by atoms with van der Waals surface area (Å²) in [4.78, 5) is 22.3. The number of benzene rings is 2. The van der Waals surface area contributed by atoms with Crippen LogP contribution in [-0.2, 0) is 14.8 Å². The number of hydrogen-bond acceptors (Lipinski definition) is 6. The van der Waals surface area contributed by atoms with Crippen molar-refractivity contribution in [3.8, 4) is 0 Å². The standard InChI is InChI=1S/C19H24N4O5S/c1-3-4-13-22(2)29(27,28)18-11-7-15(8-12-18)20-14-19(24)21-16-5-9-17(10-6-16)23(25)26/h5-12,20H,3-4,13-14H2,1-2H3,(H,21,24). The van der Waals surface area contributed by atoms with Gasteiger partial charge in [-0.2, -0.15) is 0 Å². The maximum Gasteiger partial charge on any atom is 0.269 e. The van der Waals surface area contributed by atoms with Crippen molar-refractivity contribution in [2.24, 2.45) is 0 Å².